The van der Waals surface area contributed by atoms with Gasteiger partial charge in [0.25, 0.3) is 5.91 Å². The Morgan fingerprint density at radius 3 is 2.25 bits per heavy atom. The van der Waals surface area contributed by atoms with Gasteiger partial charge in [0.15, 0.2) is 9.84 Å². The van der Waals surface area contributed by atoms with Crippen molar-refractivity contribution in [3.05, 3.63) is 59.9 Å². The highest BCUT2D eigenvalue weighted by molar-refractivity contribution is 7.92. The lowest BCUT2D eigenvalue weighted by Crippen LogP contribution is -2.18. The van der Waals surface area contributed by atoms with Crippen LogP contribution in [0.1, 0.15) is 36.0 Å². The van der Waals surface area contributed by atoms with Crippen molar-refractivity contribution in [3.63, 3.8) is 0 Å². The zero-order valence-corrected chi connectivity index (χ0v) is 13.9. The van der Waals surface area contributed by atoms with Crippen LogP contribution in [0.4, 0.5) is 10.1 Å². The van der Waals surface area contributed by atoms with Crippen molar-refractivity contribution in [2.24, 2.45) is 0 Å². The van der Waals surface area contributed by atoms with Crippen molar-refractivity contribution in [1.82, 2.24) is 0 Å². The van der Waals surface area contributed by atoms with Gasteiger partial charge in [-0.15, -0.1) is 0 Å². The molecule has 126 valence electrons. The van der Waals surface area contributed by atoms with Gasteiger partial charge in [0, 0.05) is 5.69 Å². The predicted octanol–water partition coefficient (Wildman–Crippen LogP) is 3.79. The average Bonchev–Trinajstić information content (AvgIpc) is 3.11. The molecule has 1 fully saturated rings. The highest BCUT2D eigenvalue weighted by Gasteiger charge is 2.30. The van der Waals surface area contributed by atoms with E-state index >= 15 is 0 Å². The van der Waals surface area contributed by atoms with Crippen molar-refractivity contribution in [3.8, 4) is 0 Å². The normalized spacial score (nSPS) is 15.4. The smallest absolute Gasteiger partial charge is 0.258 e. The Labute approximate surface area is 140 Å². The fourth-order valence-corrected chi connectivity index (χ4v) is 4.82. The number of carbonyl (C=O) groups is 1. The molecule has 1 N–H and O–H groups in total. The molecule has 0 unspecified atom stereocenters. The van der Waals surface area contributed by atoms with Crippen LogP contribution in [0, 0.1) is 5.82 Å². The van der Waals surface area contributed by atoms with Crippen LogP contribution in [0.3, 0.4) is 0 Å². The molecule has 2 aromatic carbocycles. The molecule has 0 radical (unpaired) electrons. The van der Waals surface area contributed by atoms with E-state index in [2.05, 4.69) is 5.32 Å². The fourth-order valence-electron chi connectivity index (χ4n) is 2.96. The summed E-state index contributed by atoms with van der Waals surface area (Å²) in [6.07, 6.45) is 3.30. The molecule has 4 nitrogen and oxygen atoms in total. The summed E-state index contributed by atoms with van der Waals surface area (Å²) in [5, 5.41) is 2.26. The van der Waals surface area contributed by atoms with Gasteiger partial charge in [-0.25, -0.2) is 12.8 Å². The number of amides is 1. The zero-order valence-electron chi connectivity index (χ0n) is 13.0. The van der Waals surface area contributed by atoms with Crippen molar-refractivity contribution in [2.75, 3.05) is 5.32 Å². The summed E-state index contributed by atoms with van der Waals surface area (Å²) in [6, 6.07) is 11.7. The van der Waals surface area contributed by atoms with E-state index in [0.29, 0.717) is 18.5 Å². The van der Waals surface area contributed by atoms with Gasteiger partial charge in [0.1, 0.15) is 5.82 Å². The molecule has 0 aromatic heterocycles. The first-order valence-corrected chi connectivity index (χ1v) is 9.43. The highest BCUT2D eigenvalue weighted by Crippen LogP contribution is 2.30. The van der Waals surface area contributed by atoms with Crippen LogP contribution in [0.15, 0.2) is 53.4 Å². The van der Waals surface area contributed by atoms with E-state index in [1.54, 1.807) is 6.07 Å². The molecular weight excluding hydrogens is 329 g/mol. The van der Waals surface area contributed by atoms with Crippen LogP contribution in [0.2, 0.25) is 0 Å². The van der Waals surface area contributed by atoms with Crippen LogP contribution in [-0.2, 0) is 9.84 Å². The van der Waals surface area contributed by atoms with Crippen LogP contribution in [0.5, 0.6) is 0 Å². The highest BCUT2D eigenvalue weighted by atomic mass is 32.2. The Hall–Kier alpha value is -2.21. The lowest BCUT2D eigenvalue weighted by Gasteiger charge is -2.12. The predicted molar refractivity (Wildman–Crippen MR) is 90.2 cm³/mol. The molecule has 0 bridgehead atoms. The second kappa shape index (κ2) is 6.73. The third-order valence-electron chi connectivity index (χ3n) is 4.30. The third-order valence-corrected chi connectivity index (χ3v) is 6.58. The maximum atomic E-state index is 13.6. The molecule has 0 saturated heterocycles. The maximum absolute atomic E-state index is 13.6. The Morgan fingerprint density at radius 1 is 1.00 bits per heavy atom. The summed E-state index contributed by atoms with van der Waals surface area (Å²) in [6.45, 7) is 0. The molecule has 1 amide bonds. The lowest BCUT2D eigenvalue weighted by atomic mass is 10.2. The van der Waals surface area contributed by atoms with E-state index in [-0.39, 0.29) is 15.7 Å². The molecule has 0 spiro atoms. The number of anilines is 1. The Morgan fingerprint density at radius 2 is 1.62 bits per heavy atom. The van der Waals surface area contributed by atoms with E-state index in [4.69, 9.17) is 0 Å². The summed E-state index contributed by atoms with van der Waals surface area (Å²) in [5.41, 5.74) is 0.369. The van der Waals surface area contributed by atoms with Crippen LogP contribution in [-0.4, -0.2) is 19.6 Å². The molecule has 1 aliphatic carbocycles. The van der Waals surface area contributed by atoms with Gasteiger partial charge < -0.3 is 5.32 Å². The number of halogens is 1. The second-order valence-electron chi connectivity index (χ2n) is 5.91. The number of carbonyl (C=O) groups excluding carboxylic acids is 1. The van der Waals surface area contributed by atoms with Crippen LogP contribution in [0.25, 0.3) is 0 Å². The third kappa shape index (κ3) is 3.33. The topological polar surface area (TPSA) is 63.2 Å². The summed E-state index contributed by atoms with van der Waals surface area (Å²) < 4.78 is 38.6. The Balaban J connectivity index is 1.75. The van der Waals surface area contributed by atoms with E-state index in [1.165, 1.54) is 42.5 Å². The zero-order chi connectivity index (χ0) is 17.2. The summed E-state index contributed by atoms with van der Waals surface area (Å²) >= 11 is 0. The lowest BCUT2D eigenvalue weighted by molar-refractivity contribution is 0.102. The van der Waals surface area contributed by atoms with Gasteiger partial charge in [0.2, 0.25) is 0 Å². The molecule has 1 saturated carbocycles. The number of hydrogen-bond donors (Lipinski definition) is 1. The van der Waals surface area contributed by atoms with E-state index in [0.717, 1.165) is 12.8 Å². The van der Waals surface area contributed by atoms with Gasteiger partial charge in [-0.2, -0.15) is 0 Å². The number of sulfone groups is 1. The summed E-state index contributed by atoms with van der Waals surface area (Å²) in [5.74, 6) is -1.17. The van der Waals surface area contributed by atoms with E-state index < -0.39 is 21.6 Å². The van der Waals surface area contributed by atoms with Crippen molar-refractivity contribution >= 4 is 21.4 Å². The van der Waals surface area contributed by atoms with E-state index in [9.17, 15) is 17.6 Å². The standard InChI is InChI=1S/C18H18FNO3S/c19-17-8-4-3-7-16(17)18(21)20-13-9-11-15(12-10-13)24(22,23)14-5-1-2-6-14/h3-4,7-12,14H,1-2,5-6H2,(H,20,21). The SMILES string of the molecule is O=C(Nc1ccc(S(=O)(=O)C2CCCC2)cc1)c1ccccc1F. The minimum Gasteiger partial charge on any atom is -0.322 e. The molecule has 1 aliphatic rings. The molecule has 0 aliphatic heterocycles. The number of nitrogens with one attached hydrogen (secondary N) is 1. The molecule has 3 rings (SSSR count). The number of rotatable bonds is 4. The van der Waals surface area contributed by atoms with Crippen molar-refractivity contribution in [2.45, 2.75) is 35.8 Å². The molecule has 0 atom stereocenters. The van der Waals surface area contributed by atoms with E-state index in [1.807, 2.05) is 0 Å². The van der Waals surface area contributed by atoms with Crippen molar-refractivity contribution in [1.29, 1.82) is 0 Å². The second-order valence-corrected chi connectivity index (χ2v) is 8.14. The molecule has 6 heteroatoms. The van der Waals surface area contributed by atoms with Gasteiger partial charge in [0.05, 0.1) is 15.7 Å². The summed E-state index contributed by atoms with van der Waals surface area (Å²) in [7, 11) is -3.32. The molecule has 24 heavy (non-hydrogen) atoms. The quantitative estimate of drug-likeness (QED) is 0.915. The Kier molecular flexibility index (Phi) is 4.66. The summed E-state index contributed by atoms with van der Waals surface area (Å²) in [4.78, 5) is 12.3. The van der Waals surface area contributed by atoms with Crippen LogP contribution < -0.4 is 5.32 Å². The first kappa shape index (κ1) is 16.6. The van der Waals surface area contributed by atoms with Gasteiger partial charge >= 0.3 is 0 Å². The average molecular weight is 347 g/mol. The van der Waals surface area contributed by atoms with Gasteiger partial charge in [-0.1, -0.05) is 25.0 Å². The maximum Gasteiger partial charge on any atom is 0.258 e. The molecular formula is C18H18FNO3S. The van der Waals surface area contributed by atoms with Crippen LogP contribution >= 0.6 is 0 Å². The van der Waals surface area contributed by atoms with Crippen molar-refractivity contribution < 1.29 is 17.6 Å². The monoisotopic (exact) mass is 347 g/mol. The number of hydrogen-bond acceptors (Lipinski definition) is 3. The first-order valence-electron chi connectivity index (χ1n) is 7.88. The minimum atomic E-state index is -3.32. The molecule has 2 aromatic rings. The minimum absolute atomic E-state index is 0.0554. The first-order chi connectivity index (χ1) is 11.5. The fraction of sp³-hybridized carbons (Fsp3) is 0.278. The Bertz CT molecular complexity index is 841. The van der Waals surface area contributed by atoms with Gasteiger partial charge in [-0.3, -0.25) is 4.79 Å². The van der Waals surface area contributed by atoms with Gasteiger partial charge in [-0.05, 0) is 49.2 Å². The number of benzene rings is 2. The largest absolute Gasteiger partial charge is 0.322 e. The molecule has 0 heterocycles.